The normalized spacial score (nSPS) is 11.7. The predicted octanol–water partition coefficient (Wildman–Crippen LogP) is 6.36. The Labute approximate surface area is 223 Å². The van der Waals surface area contributed by atoms with Gasteiger partial charge in [0.25, 0.3) is 0 Å². The van der Waals surface area contributed by atoms with Crippen LogP contribution in [0.4, 0.5) is 11.5 Å². The molecule has 37 heavy (non-hydrogen) atoms. The first-order valence-electron chi connectivity index (χ1n) is 11.8. The lowest BCUT2D eigenvalue weighted by Gasteiger charge is -2.21. The number of benzene rings is 2. The number of halogens is 1. The zero-order chi connectivity index (χ0) is 26.0. The topological polar surface area (TPSA) is 96.9 Å². The Kier molecular flexibility index (Phi) is 6.99. The minimum Gasteiger partial charge on any atom is -0.455 e. The predicted molar refractivity (Wildman–Crippen MR) is 151 cm³/mol. The van der Waals surface area contributed by atoms with Crippen LogP contribution in [0.15, 0.2) is 67.3 Å². The smallest absolute Gasteiger partial charge is 0.235 e. The largest absolute Gasteiger partial charge is 0.455 e. The van der Waals surface area contributed by atoms with E-state index < -0.39 is 4.75 Å². The van der Waals surface area contributed by atoms with Crippen molar-refractivity contribution in [2.75, 3.05) is 18.1 Å². The summed E-state index contributed by atoms with van der Waals surface area (Å²) < 4.78 is 7.67. The SMILES string of the molecule is CSC(C)(C)C(=O)NCCn1ccc2ncnc(Nc3ccc(Oc4cccc5[nH]ccc45)c(Cl)c3)c21. The number of H-pyrrole nitrogens is 1. The van der Waals surface area contributed by atoms with Crippen molar-refractivity contribution in [2.45, 2.75) is 25.1 Å². The van der Waals surface area contributed by atoms with E-state index in [-0.39, 0.29) is 5.91 Å². The Balaban J connectivity index is 1.33. The number of hydrogen-bond donors (Lipinski definition) is 3. The summed E-state index contributed by atoms with van der Waals surface area (Å²) >= 11 is 8.12. The molecule has 0 fully saturated rings. The summed E-state index contributed by atoms with van der Waals surface area (Å²) in [5.74, 6) is 1.94. The summed E-state index contributed by atoms with van der Waals surface area (Å²) in [6.07, 6.45) is 7.28. The number of carbonyl (C=O) groups excluding carboxylic acids is 1. The van der Waals surface area contributed by atoms with Crippen molar-refractivity contribution < 1.29 is 9.53 Å². The monoisotopic (exact) mass is 534 g/mol. The lowest BCUT2D eigenvalue weighted by Crippen LogP contribution is -2.40. The van der Waals surface area contributed by atoms with Crippen LogP contribution in [0.3, 0.4) is 0 Å². The van der Waals surface area contributed by atoms with Crippen LogP contribution in [-0.2, 0) is 11.3 Å². The second kappa shape index (κ2) is 10.4. The Bertz CT molecular complexity index is 1580. The number of thioether (sulfide) groups is 1. The quantitative estimate of drug-likeness (QED) is 0.203. The molecule has 3 heterocycles. The Morgan fingerprint density at radius 1 is 1.16 bits per heavy atom. The molecule has 3 N–H and O–H groups in total. The van der Waals surface area contributed by atoms with Crippen LogP contribution in [0.5, 0.6) is 11.5 Å². The Hall–Kier alpha value is -3.69. The van der Waals surface area contributed by atoms with E-state index in [0.717, 1.165) is 33.4 Å². The van der Waals surface area contributed by atoms with Gasteiger partial charge < -0.3 is 24.9 Å². The highest BCUT2D eigenvalue weighted by atomic mass is 35.5. The first kappa shape index (κ1) is 25.0. The average molecular weight is 535 g/mol. The van der Waals surface area contributed by atoms with E-state index in [0.29, 0.717) is 29.7 Å². The van der Waals surface area contributed by atoms with E-state index in [1.807, 2.05) is 79.5 Å². The molecule has 0 saturated heterocycles. The van der Waals surface area contributed by atoms with Crippen molar-refractivity contribution in [1.82, 2.24) is 24.8 Å². The molecule has 0 aliphatic rings. The van der Waals surface area contributed by atoms with Crippen molar-refractivity contribution in [2.24, 2.45) is 0 Å². The van der Waals surface area contributed by atoms with Crippen LogP contribution in [0.25, 0.3) is 21.9 Å². The van der Waals surface area contributed by atoms with Gasteiger partial charge in [-0.2, -0.15) is 0 Å². The van der Waals surface area contributed by atoms with E-state index in [9.17, 15) is 4.79 Å². The molecular formula is C27H27ClN6O2S. The highest BCUT2D eigenvalue weighted by Crippen LogP contribution is 2.36. The van der Waals surface area contributed by atoms with Gasteiger partial charge in [0.15, 0.2) is 5.82 Å². The summed E-state index contributed by atoms with van der Waals surface area (Å²) in [6, 6.07) is 15.3. The number of amides is 1. The van der Waals surface area contributed by atoms with Gasteiger partial charge in [0, 0.05) is 42.1 Å². The summed E-state index contributed by atoms with van der Waals surface area (Å²) in [4.78, 5) is 24.5. The van der Waals surface area contributed by atoms with Gasteiger partial charge in [0.1, 0.15) is 23.3 Å². The van der Waals surface area contributed by atoms with Crippen molar-refractivity contribution in [3.63, 3.8) is 0 Å². The number of nitrogens with zero attached hydrogens (tertiary/aromatic N) is 3. The van der Waals surface area contributed by atoms with E-state index in [4.69, 9.17) is 16.3 Å². The van der Waals surface area contributed by atoms with Gasteiger partial charge in [-0.1, -0.05) is 17.7 Å². The maximum atomic E-state index is 12.4. The first-order valence-corrected chi connectivity index (χ1v) is 13.4. The van der Waals surface area contributed by atoms with E-state index in [2.05, 4.69) is 25.6 Å². The molecule has 0 radical (unpaired) electrons. The number of aromatic amines is 1. The summed E-state index contributed by atoms with van der Waals surface area (Å²) in [5.41, 5.74) is 3.41. The summed E-state index contributed by atoms with van der Waals surface area (Å²) in [5, 5.41) is 7.82. The lowest BCUT2D eigenvalue weighted by molar-refractivity contribution is -0.122. The summed E-state index contributed by atoms with van der Waals surface area (Å²) in [7, 11) is 0. The number of ether oxygens (including phenoxy) is 1. The van der Waals surface area contributed by atoms with Crippen molar-refractivity contribution in [3.05, 3.63) is 72.3 Å². The molecule has 190 valence electrons. The highest BCUT2D eigenvalue weighted by molar-refractivity contribution is 8.00. The molecule has 2 aromatic carbocycles. The van der Waals surface area contributed by atoms with Gasteiger partial charge in [-0.3, -0.25) is 4.79 Å². The molecule has 0 aliphatic carbocycles. The zero-order valence-electron chi connectivity index (χ0n) is 20.7. The number of nitrogens with one attached hydrogen (secondary N) is 3. The molecule has 0 bridgehead atoms. The number of aromatic nitrogens is 4. The molecule has 0 saturated carbocycles. The van der Waals surface area contributed by atoms with E-state index in [1.54, 1.807) is 6.07 Å². The molecule has 5 rings (SSSR count). The fourth-order valence-corrected chi connectivity index (χ4v) is 4.44. The maximum Gasteiger partial charge on any atom is 0.235 e. The van der Waals surface area contributed by atoms with Crippen LogP contribution in [0.1, 0.15) is 13.8 Å². The maximum absolute atomic E-state index is 12.4. The van der Waals surface area contributed by atoms with Gasteiger partial charge >= 0.3 is 0 Å². The third-order valence-electron chi connectivity index (χ3n) is 6.22. The van der Waals surface area contributed by atoms with Gasteiger partial charge in [0.2, 0.25) is 5.91 Å². The molecule has 3 aromatic heterocycles. The third-order valence-corrected chi connectivity index (χ3v) is 7.72. The summed E-state index contributed by atoms with van der Waals surface area (Å²) in [6.45, 7) is 4.90. The Morgan fingerprint density at radius 3 is 2.84 bits per heavy atom. The number of anilines is 2. The minimum absolute atomic E-state index is 0.00996. The second-order valence-corrected chi connectivity index (χ2v) is 10.8. The van der Waals surface area contributed by atoms with E-state index >= 15 is 0 Å². The molecule has 0 spiro atoms. The van der Waals surface area contributed by atoms with Gasteiger partial charge in [-0.05, 0) is 62.6 Å². The van der Waals surface area contributed by atoms with Crippen molar-refractivity contribution in [3.8, 4) is 11.5 Å². The molecule has 8 nitrogen and oxygen atoms in total. The number of rotatable bonds is 9. The fraction of sp³-hybridized carbons (Fsp3) is 0.222. The molecule has 0 aliphatic heterocycles. The minimum atomic E-state index is -0.474. The molecule has 10 heteroatoms. The second-order valence-electron chi connectivity index (χ2n) is 9.00. The van der Waals surface area contributed by atoms with Gasteiger partial charge in [0.05, 0.1) is 15.3 Å². The number of carbonyl (C=O) groups is 1. The number of hydrogen-bond acceptors (Lipinski definition) is 6. The van der Waals surface area contributed by atoms with Gasteiger partial charge in [-0.15, -0.1) is 11.8 Å². The standard InChI is InChI=1S/C27H27ClN6O2S/c1-27(2,37-3)26(35)30-12-14-34-13-10-21-24(34)25(32-16-31-21)33-17-7-8-23(19(28)15-17)36-22-6-4-5-20-18(22)9-11-29-20/h4-11,13,15-16,29H,12,14H2,1-3H3,(H,30,35)(H,31,32,33). The van der Waals surface area contributed by atoms with Crippen LogP contribution in [0.2, 0.25) is 5.02 Å². The number of fused-ring (bicyclic) bond motifs is 2. The van der Waals surface area contributed by atoms with Crippen molar-refractivity contribution >= 4 is 62.7 Å². The van der Waals surface area contributed by atoms with E-state index in [1.165, 1.54) is 18.1 Å². The molecular weight excluding hydrogens is 508 g/mol. The third kappa shape index (κ3) is 5.23. The van der Waals surface area contributed by atoms with Crippen LogP contribution in [-0.4, -0.2) is 43.0 Å². The fourth-order valence-electron chi connectivity index (χ4n) is 3.97. The van der Waals surface area contributed by atoms with Crippen molar-refractivity contribution in [1.29, 1.82) is 0 Å². The zero-order valence-corrected chi connectivity index (χ0v) is 22.3. The van der Waals surface area contributed by atoms with Crippen LogP contribution in [0, 0.1) is 0 Å². The van der Waals surface area contributed by atoms with Crippen LogP contribution < -0.4 is 15.4 Å². The average Bonchev–Trinajstić information content (AvgIpc) is 3.54. The molecule has 1 amide bonds. The lowest BCUT2D eigenvalue weighted by atomic mass is 10.2. The molecule has 0 unspecified atom stereocenters. The Morgan fingerprint density at radius 2 is 2.03 bits per heavy atom. The molecule has 0 atom stereocenters. The molecule has 5 aromatic rings. The first-order chi connectivity index (χ1) is 17.9. The van der Waals surface area contributed by atoms with Gasteiger partial charge in [-0.25, -0.2) is 9.97 Å². The highest BCUT2D eigenvalue weighted by Gasteiger charge is 2.25. The van der Waals surface area contributed by atoms with Crippen LogP contribution >= 0.6 is 23.4 Å².